The van der Waals surface area contributed by atoms with Gasteiger partial charge in [-0.05, 0) is 12.1 Å². The summed E-state index contributed by atoms with van der Waals surface area (Å²) in [5.41, 5.74) is 3.55. The van der Waals surface area contributed by atoms with Crippen LogP contribution in [-0.4, -0.2) is 27.3 Å². The van der Waals surface area contributed by atoms with E-state index in [1.807, 2.05) is 18.2 Å². The SMILES string of the molecule is O=C1c2ccccc2-c2c3c1c(Cl)ccc3nn2CCO. The van der Waals surface area contributed by atoms with Gasteiger partial charge in [-0.25, -0.2) is 0 Å². The Morgan fingerprint density at radius 1 is 1.14 bits per heavy atom. The molecular formula is C16H11ClN2O2. The van der Waals surface area contributed by atoms with Gasteiger partial charge in [0.1, 0.15) is 0 Å². The average molecular weight is 299 g/mol. The number of carbonyl (C=O) groups is 1. The van der Waals surface area contributed by atoms with Gasteiger partial charge in [-0.3, -0.25) is 9.48 Å². The summed E-state index contributed by atoms with van der Waals surface area (Å²) in [6, 6.07) is 10.9. The van der Waals surface area contributed by atoms with E-state index in [4.69, 9.17) is 11.6 Å². The van der Waals surface area contributed by atoms with E-state index >= 15 is 0 Å². The molecular weight excluding hydrogens is 288 g/mol. The molecule has 0 unspecified atom stereocenters. The van der Waals surface area contributed by atoms with Gasteiger partial charge in [-0.15, -0.1) is 0 Å². The molecule has 104 valence electrons. The zero-order valence-electron chi connectivity index (χ0n) is 11.0. The molecule has 0 radical (unpaired) electrons. The van der Waals surface area contributed by atoms with E-state index in [1.54, 1.807) is 22.9 Å². The molecule has 4 nitrogen and oxygen atoms in total. The summed E-state index contributed by atoms with van der Waals surface area (Å²) in [6.45, 7) is 0.365. The molecule has 1 aliphatic carbocycles. The summed E-state index contributed by atoms with van der Waals surface area (Å²) < 4.78 is 1.75. The Labute approximate surface area is 125 Å². The highest BCUT2D eigenvalue weighted by atomic mass is 35.5. The van der Waals surface area contributed by atoms with Crippen LogP contribution in [0.4, 0.5) is 0 Å². The molecule has 0 bridgehead atoms. The molecule has 3 aromatic rings. The zero-order valence-corrected chi connectivity index (χ0v) is 11.8. The Morgan fingerprint density at radius 3 is 2.67 bits per heavy atom. The van der Waals surface area contributed by atoms with Crippen LogP contribution in [0.3, 0.4) is 0 Å². The molecule has 0 atom stereocenters. The third-order valence-electron chi connectivity index (χ3n) is 3.82. The first-order valence-corrected chi connectivity index (χ1v) is 7.04. The lowest BCUT2D eigenvalue weighted by Gasteiger charge is -2.17. The first kappa shape index (κ1) is 12.6. The second-order valence-corrected chi connectivity index (χ2v) is 5.39. The topological polar surface area (TPSA) is 55.1 Å². The van der Waals surface area contributed by atoms with Crippen LogP contribution in [0.1, 0.15) is 15.9 Å². The Kier molecular flexibility index (Phi) is 2.64. The van der Waals surface area contributed by atoms with Crippen molar-refractivity contribution in [3.63, 3.8) is 0 Å². The zero-order chi connectivity index (χ0) is 14.6. The summed E-state index contributed by atoms with van der Waals surface area (Å²) in [7, 11) is 0. The van der Waals surface area contributed by atoms with E-state index in [0.717, 1.165) is 22.2 Å². The number of rotatable bonds is 2. The summed E-state index contributed by atoms with van der Waals surface area (Å²) >= 11 is 6.25. The van der Waals surface area contributed by atoms with Crippen molar-refractivity contribution < 1.29 is 9.90 Å². The van der Waals surface area contributed by atoms with E-state index in [9.17, 15) is 9.90 Å². The Balaban J connectivity index is 2.21. The fraction of sp³-hybridized carbons (Fsp3) is 0.125. The average Bonchev–Trinajstić information content (AvgIpc) is 2.85. The van der Waals surface area contributed by atoms with Crippen LogP contribution in [-0.2, 0) is 6.54 Å². The van der Waals surface area contributed by atoms with Crippen molar-refractivity contribution in [2.24, 2.45) is 0 Å². The van der Waals surface area contributed by atoms with Crippen molar-refractivity contribution in [3.8, 4) is 11.3 Å². The number of ketones is 1. The third-order valence-corrected chi connectivity index (χ3v) is 4.14. The van der Waals surface area contributed by atoms with Crippen LogP contribution < -0.4 is 0 Å². The van der Waals surface area contributed by atoms with Gasteiger partial charge in [0.15, 0.2) is 5.78 Å². The largest absolute Gasteiger partial charge is 0.394 e. The van der Waals surface area contributed by atoms with Crippen molar-refractivity contribution >= 4 is 28.3 Å². The molecule has 5 heteroatoms. The molecule has 4 rings (SSSR count). The van der Waals surface area contributed by atoms with Gasteiger partial charge in [0.2, 0.25) is 0 Å². The lowest BCUT2D eigenvalue weighted by Crippen LogP contribution is -2.13. The minimum atomic E-state index is -0.0720. The van der Waals surface area contributed by atoms with Crippen LogP contribution in [0.15, 0.2) is 36.4 Å². The lowest BCUT2D eigenvalue weighted by atomic mass is 9.87. The second-order valence-electron chi connectivity index (χ2n) is 4.99. The van der Waals surface area contributed by atoms with E-state index in [-0.39, 0.29) is 12.4 Å². The number of halogens is 1. The normalized spacial score (nSPS) is 12.8. The van der Waals surface area contributed by atoms with Gasteiger partial charge >= 0.3 is 0 Å². The van der Waals surface area contributed by atoms with Gasteiger partial charge in [-0.1, -0.05) is 35.9 Å². The Hall–Kier alpha value is -2.17. The van der Waals surface area contributed by atoms with Crippen LogP contribution in [0.25, 0.3) is 22.2 Å². The highest BCUT2D eigenvalue weighted by molar-refractivity contribution is 6.39. The first-order valence-electron chi connectivity index (χ1n) is 6.66. The molecule has 0 aliphatic heterocycles. The maximum absolute atomic E-state index is 12.7. The molecule has 2 aromatic carbocycles. The van der Waals surface area contributed by atoms with Crippen molar-refractivity contribution in [3.05, 3.63) is 52.5 Å². The quantitative estimate of drug-likeness (QED) is 0.619. The highest BCUT2D eigenvalue weighted by Crippen LogP contribution is 2.41. The standard InChI is InChI=1S/C16H11ClN2O2/c17-11-5-6-12-14-13(11)16(21)10-4-2-1-3-9(10)15(14)19(18-12)7-8-20/h1-6,20H,7-8H2. The highest BCUT2D eigenvalue weighted by Gasteiger charge is 2.30. The second kappa shape index (κ2) is 4.41. The molecule has 21 heavy (non-hydrogen) atoms. The molecule has 0 saturated carbocycles. The number of aromatic nitrogens is 2. The number of hydrogen-bond donors (Lipinski definition) is 1. The van der Waals surface area contributed by atoms with Crippen molar-refractivity contribution in [1.82, 2.24) is 9.78 Å². The molecule has 1 N–H and O–H groups in total. The summed E-state index contributed by atoms with van der Waals surface area (Å²) in [5.74, 6) is -0.0720. The van der Waals surface area contributed by atoms with Crippen LogP contribution in [0.2, 0.25) is 5.02 Å². The van der Waals surface area contributed by atoms with E-state index in [2.05, 4.69) is 5.10 Å². The van der Waals surface area contributed by atoms with Crippen LogP contribution >= 0.6 is 11.6 Å². The van der Waals surface area contributed by atoms with Crippen molar-refractivity contribution in [1.29, 1.82) is 0 Å². The fourth-order valence-corrected chi connectivity index (χ4v) is 3.22. The summed E-state index contributed by atoms with van der Waals surface area (Å²) in [5, 5.41) is 15.0. The van der Waals surface area contributed by atoms with Crippen molar-refractivity contribution in [2.75, 3.05) is 6.61 Å². The molecule has 1 heterocycles. The number of fused-ring (bicyclic) bond motifs is 2. The first-order chi connectivity index (χ1) is 10.2. The van der Waals surface area contributed by atoms with Gasteiger partial charge in [0.05, 0.1) is 34.9 Å². The number of aliphatic hydroxyl groups excluding tert-OH is 1. The molecule has 0 spiro atoms. The predicted molar refractivity (Wildman–Crippen MR) is 80.7 cm³/mol. The maximum atomic E-state index is 12.7. The third kappa shape index (κ3) is 1.60. The number of hydrogen-bond acceptors (Lipinski definition) is 3. The van der Waals surface area contributed by atoms with Gasteiger partial charge in [0, 0.05) is 16.5 Å². The Bertz CT molecular complexity index is 899. The van der Waals surface area contributed by atoms with Crippen LogP contribution in [0, 0.1) is 0 Å². The minimum absolute atomic E-state index is 0.0137. The molecule has 1 aliphatic rings. The monoisotopic (exact) mass is 298 g/mol. The smallest absolute Gasteiger partial charge is 0.195 e. The van der Waals surface area contributed by atoms with E-state index < -0.39 is 0 Å². The predicted octanol–water partition coefficient (Wildman–Crippen LogP) is 2.89. The minimum Gasteiger partial charge on any atom is -0.394 e. The van der Waals surface area contributed by atoms with Gasteiger partial charge in [-0.2, -0.15) is 5.10 Å². The molecule has 0 saturated heterocycles. The number of benzene rings is 2. The van der Waals surface area contributed by atoms with E-state index in [1.165, 1.54) is 0 Å². The molecule has 1 aromatic heterocycles. The molecule has 0 fully saturated rings. The summed E-state index contributed by atoms with van der Waals surface area (Å²) in [6.07, 6.45) is 0. The molecule has 0 amide bonds. The van der Waals surface area contributed by atoms with Gasteiger partial charge < -0.3 is 5.11 Å². The van der Waals surface area contributed by atoms with Crippen LogP contribution in [0.5, 0.6) is 0 Å². The Morgan fingerprint density at radius 2 is 1.90 bits per heavy atom. The lowest BCUT2D eigenvalue weighted by molar-refractivity contribution is 0.104. The number of aliphatic hydroxyl groups is 1. The number of nitrogens with zero attached hydrogens (tertiary/aromatic N) is 2. The summed E-state index contributed by atoms with van der Waals surface area (Å²) in [4.78, 5) is 12.7. The van der Waals surface area contributed by atoms with E-state index in [0.29, 0.717) is 22.7 Å². The number of carbonyl (C=O) groups excluding carboxylic acids is 1. The maximum Gasteiger partial charge on any atom is 0.195 e. The van der Waals surface area contributed by atoms with Gasteiger partial charge in [0.25, 0.3) is 0 Å². The fourth-order valence-electron chi connectivity index (χ4n) is 2.97. The van der Waals surface area contributed by atoms with Crippen molar-refractivity contribution in [2.45, 2.75) is 6.54 Å².